The van der Waals surface area contributed by atoms with Crippen LogP contribution in [0.4, 0.5) is 10.5 Å². The number of nitrogens with zero attached hydrogens (tertiary/aromatic N) is 1. The Labute approximate surface area is 210 Å². The Morgan fingerprint density at radius 1 is 1.00 bits per heavy atom. The van der Waals surface area contributed by atoms with E-state index >= 15 is 0 Å². The van der Waals surface area contributed by atoms with Crippen molar-refractivity contribution < 1.29 is 24.2 Å². The summed E-state index contributed by atoms with van der Waals surface area (Å²) in [5, 5.41) is 17.3. The monoisotopic (exact) mass is 489 g/mol. The summed E-state index contributed by atoms with van der Waals surface area (Å²) in [5.74, 6) is -0.716. The number of amides is 3. The fourth-order valence-corrected chi connectivity index (χ4v) is 4.04. The number of fused-ring (bicyclic) bond motifs is 1. The number of carbonyl (C=O) groups excluding carboxylic acids is 3. The Balaban J connectivity index is 1.59. The minimum absolute atomic E-state index is 0.0586. The molecule has 0 aromatic heterocycles. The van der Waals surface area contributed by atoms with Crippen molar-refractivity contribution in [3.05, 3.63) is 72.3 Å². The maximum Gasteiger partial charge on any atom is 0.408 e. The number of ether oxygens (including phenoxy) is 1. The number of carbonyl (C=O) groups is 3. The molecule has 1 unspecified atom stereocenters. The van der Waals surface area contributed by atoms with Crippen molar-refractivity contribution in [2.45, 2.75) is 51.3 Å². The van der Waals surface area contributed by atoms with Crippen LogP contribution in [0.25, 0.3) is 10.8 Å². The van der Waals surface area contributed by atoms with E-state index in [0.29, 0.717) is 11.3 Å². The molecule has 0 aliphatic heterocycles. The van der Waals surface area contributed by atoms with Gasteiger partial charge in [-0.05, 0) is 74.2 Å². The van der Waals surface area contributed by atoms with Gasteiger partial charge in [0.2, 0.25) is 5.91 Å². The van der Waals surface area contributed by atoms with Gasteiger partial charge in [0.1, 0.15) is 23.9 Å². The van der Waals surface area contributed by atoms with E-state index in [1.807, 2.05) is 42.5 Å². The van der Waals surface area contributed by atoms with E-state index in [0.717, 1.165) is 23.6 Å². The van der Waals surface area contributed by atoms with Crippen LogP contribution in [0.3, 0.4) is 0 Å². The molecule has 0 spiro atoms. The number of hydrogen-bond acceptors (Lipinski definition) is 5. The molecule has 3 aromatic rings. The predicted molar refractivity (Wildman–Crippen MR) is 138 cm³/mol. The Hall–Kier alpha value is -4.07. The Morgan fingerprint density at radius 2 is 1.67 bits per heavy atom. The molecule has 8 heteroatoms. The van der Waals surface area contributed by atoms with Crippen molar-refractivity contribution in [1.29, 1.82) is 0 Å². The average Bonchev–Trinajstić information content (AvgIpc) is 3.65. The summed E-state index contributed by atoms with van der Waals surface area (Å²) in [6.45, 7) is 4.91. The van der Waals surface area contributed by atoms with Crippen LogP contribution >= 0.6 is 0 Å². The molecule has 1 atom stereocenters. The van der Waals surface area contributed by atoms with Gasteiger partial charge in [0.25, 0.3) is 5.91 Å². The molecule has 0 bridgehead atoms. The second-order valence-corrected chi connectivity index (χ2v) is 9.93. The van der Waals surface area contributed by atoms with Crippen LogP contribution in [-0.2, 0) is 14.3 Å². The fourth-order valence-electron chi connectivity index (χ4n) is 4.04. The zero-order valence-electron chi connectivity index (χ0n) is 20.7. The van der Waals surface area contributed by atoms with E-state index in [-0.39, 0.29) is 24.2 Å². The van der Waals surface area contributed by atoms with Crippen molar-refractivity contribution in [1.82, 2.24) is 10.2 Å². The second-order valence-electron chi connectivity index (χ2n) is 9.93. The van der Waals surface area contributed by atoms with Gasteiger partial charge in [-0.15, -0.1) is 0 Å². The molecule has 0 heterocycles. The van der Waals surface area contributed by atoms with E-state index in [4.69, 9.17) is 4.74 Å². The molecule has 0 saturated heterocycles. The standard InChI is InChI=1S/C28H31N3O5/c1-28(2,3)36-27(35)29-17-24(33)31(22-12-13-22)25(19-9-14-23(32)15-10-19)26(34)30-21-11-8-18-6-4-5-7-20(18)16-21/h4-11,14-16,22,25,32H,12-13,17H2,1-3H3,(H,29,35)(H,30,34). The summed E-state index contributed by atoms with van der Waals surface area (Å²) in [6, 6.07) is 18.6. The molecule has 1 saturated carbocycles. The molecule has 1 aliphatic carbocycles. The second kappa shape index (κ2) is 10.3. The van der Waals surface area contributed by atoms with Gasteiger partial charge in [-0.25, -0.2) is 4.79 Å². The highest BCUT2D eigenvalue weighted by molar-refractivity contribution is 6.00. The molecule has 36 heavy (non-hydrogen) atoms. The minimum Gasteiger partial charge on any atom is -0.508 e. The van der Waals surface area contributed by atoms with Gasteiger partial charge in [0.05, 0.1) is 0 Å². The normalized spacial score (nSPS) is 14.1. The van der Waals surface area contributed by atoms with Crippen molar-refractivity contribution in [3.8, 4) is 5.75 Å². The Bertz CT molecular complexity index is 1260. The molecule has 4 rings (SSSR count). The van der Waals surface area contributed by atoms with Gasteiger partial charge >= 0.3 is 6.09 Å². The summed E-state index contributed by atoms with van der Waals surface area (Å²) in [7, 11) is 0. The lowest BCUT2D eigenvalue weighted by molar-refractivity contribution is -0.138. The van der Waals surface area contributed by atoms with Crippen molar-refractivity contribution in [3.63, 3.8) is 0 Å². The zero-order valence-corrected chi connectivity index (χ0v) is 20.7. The first-order valence-electron chi connectivity index (χ1n) is 12.0. The van der Waals surface area contributed by atoms with Gasteiger partial charge < -0.3 is 25.4 Å². The first-order valence-corrected chi connectivity index (χ1v) is 12.0. The first kappa shape index (κ1) is 25.0. The molecular formula is C28H31N3O5. The summed E-state index contributed by atoms with van der Waals surface area (Å²) >= 11 is 0. The summed E-state index contributed by atoms with van der Waals surface area (Å²) < 4.78 is 5.24. The summed E-state index contributed by atoms with van der Waals surface area (Å²) in [6.07, 6.45) is 0.819. The topological polar surface area (TPSA) is 108 Å². The third kappa shape index (κ3) is 6.33. The lowest BCUT2D eigenvalue weighted by Gasteiger charge is -2.32. The van der Waals surface area contributed by atoms with E-state index in [2.05, 4.69) is 10.6 Å². The maximum absolute atomic E-state index is 13.7. The van der Waals surface area contributed by atoms with Crippen LogP contribution in [0, 0.1) is 0 Å². The number of phenolic OH excluding ortho intramolecular Hbond substituents is 1. The quantitative estimate of drug-likeness (QED) is 0.444. The largest absolute Gasteiger partial charge is 0.508 e. The summed E-state index contributed by atoms with van der Waals surface area (Å²) in [5.41, 5.74) is 0.471. The van der Waals surface area contributed by atoms with Gasteiger partial charge in [0, 0.05) is 11.7 Å². The lowest BCUT2D eigenvalue weighted by Crippen LogP contribution is -2.47. The van der Waals surface area contributed by atoms with Crippen molar-refractivity contribution >= 4 is 34.4 Å². The van der Waals surface area contributed by atoms with Crippen molar-refractivity contribution in [2.24, 2.45) is 0 Å². The molecule has 0 radical (unpaired) electrons. The van der Waals surface area contributed by atoms with Gasteiger partial charge in [-0.3, -0.25) is 9.59 Å². The minimum atomic E-state index is -0.947. The van der Waals surface area contributed by atoms with Crippen LogP contribution in [0.5, 0.6) is 5.75 Å². The van der Waals surface area contributed by atoms with E-state index < -0.39 is 23.6 Å². The number of alkyl carbamates (subject to hydrolysis) is 1. The number of aromatic hydroxyl groups is 1. The number of benzene rings is 3. The third-order valence-electron chi connectivity index (χ3n) is 5.76. The van der Waals surface area contributed by atoms with E-state index in [9.17, 15) is 19.5 Å². The number of phenols is 1. The molecule has 8 nitrogen and oxygen atoms in total. The smallest absolute Gasteiger partial charge is 0.408 e. The van der Waals surface area contributed by atoms with E-state index in [1.165, 1.54) is 17.0 Å². The van der Waals surface area contributed by atoms with Gasteiger partial charge in [-0.2, -0.15) is 0 Å². The molecule has 188 valence electrons. The summed E-state index contributed by atoms with van der Waals surface area (Å²) in [4.78, 5) is 40.6. The molecule has 1 fully saturated rings. The third-order valence-corrected chi connectivity index (χ3v) is 5.76. The molecule has 3 amide bonds. The molecule has 3 N–H and O–H groups in total. The lowest BCUT2D eigenvalue weighted by atomic mass is 10.0. The van der Waals surface area contributed by atoms with Gasteiger partial charge in [-0.1, -0.05) is 42.5 Å². The van der Waals surface area contributed by atoms with Crippen LogP contribution in [0.1, 0.15) is 45.2 Å². The van der Waals surface area contributed by atoms with Gasteiger partial charge in [0.15, 0.2) is 0 Å². The molecule has 1 aliphatic rings. The highest BCUT2D eigenvalue weighted by Crippen LogP contribution is 2.36. The highest BCUT2D eigenvalue weighted by Gasteiger charge is 2.41. The maximum atomic E-state index is 13.7. The average molecular weight is 490 g/mol. The molecule has 3 aromatic carbocycles. The SMILES string of the molecule is CC(C)(C)OC(=O)NCC(=O)N(C1CC1)C(C(=O)Nc1ccc2ccccc2c1)c1ccc(O)cc1. The number of rotatable bonds is 7. The number of hydrogen-bond donors (Lipinski definition) is 3. The van der Waals surface area contributed by atoms with Crippen LogP contribution in [0.2, 0.25) is 0 Å². The van der Waals surface area contributed by atoms with Crippen LogP contribution < -0.4 is 10.6 Å². The van der Waals surface area contributed by atoms with E-state index in [1.54, 1.807) is 32.9 Å². The van der Waals surface area contributed by atoms with Crippen LogP contribution in [0.15, 0.2) is 66.7 Å². The Morgan fingerprint density at radius 3 is 2.31 bits per heavy atom. The Kier molecular flexibility index (Phi) is 7.15. The zero-order chi connectivity index (χ0) is 25.9. The van der Waals surface area contributed by atoms with Crippen LogP contribution in [-0.4, -0.2) is 46.1 Å². The first-order chi connectivity index (χ1) is 17.1. The number of nitrogens with one attached hydrogen (secondary N) is 2. The van der Waals surface area contributed by atoms with Crippen molar-refractivity contribution in [2.75, 3.05) is 11.9 Å². The predicted octanol–water partition coefficient (Wildman–Crippen LogP) is 4.74. The fraction of sp³-hybridized carbons (Fsp3) is 0.321. The highest BCUT2D eigenvalue weighted by atomic mass is 16.6. The molecular weight excluding hydrogens is 458 g/mol. The number of anilines is 1.